The average molecular weight is 688 g/mol. The van der Waals surface area contributed by atoms with E-state index in [1.807, 2.05) is 73.8 Å². The van der Waals surface area contributed by atoms with E-state index < -0.39 is 23.4 Å². The Balaban J connectivity index is 1.34. The van der Waals surface area contributed by atoms with E-state index in [4.69, 9.17) is 26.1 Å². The van der Waals surface area contributed by atoms with E-state index >= 15 is 0 Å². The lowest BCUT2D eigenvalue weighted by Gasteiger charge is -2.51. The minimum absolute atomic E-state index is 0.143. The highest BCUT2D eigenvalue weighted by atomic mass is 35.5. The molecule has 47 heavy (non-hydrogen) atoms. The number of carbonyl (C=O) groups is 2. The lowest BCUT2D eigenvalue weighted by atomic mass is 9.68. The summed E-state index contributed by atoms with van der Waals surface area (Å²) >= 11 is 8.04. The van der Waals surface area contributed by atoms with Gasteiger partial charge in [0.25, 0.3) is 5.56 Å². The molecular formula is C33H46ClN7O5S. The number of benzene rings is 1. The number of carbonyl (C=O) groups excluding carboxylic acids is 2. The molecule has 1 aromatic carbocycles. The van der Waals surface area contributed by atoms with Gasteiger partial charge in [-0.15, -0.1) is 0 Å². The summed E-state index contributed by atoms with van der Waals surface area (Å²) in [7, 11) is 3.59. The van der Waals surface area contributed by atoms with Crippen molar-refractivity contribution in [1.29, 1.82) is 0 Å². The van der Waals surface area contributed by atoms with Crippen LogP contribution in [0.25, 0.3) is 10.9 Å². The second kappa shape index (κ2) is 12.9. The van der Waals surface area contributed by atoms with E-state index in [9.17, 15) is 14.4 Å². The van der Waals surface area contributed by atoms with Crippen LogP contribution in [0.1, 0.15) is 66.5 Å². The van der Waals surface area contributed by atoms with Gasteiger partial charge in [0.05, 0.1) is 27.2 Å². The van der Waals surface area contributed by atoms with Gasteiger partial charge in [-0.1, -0.05) is 23.4 Å². The molecule has 0 radical (unpaired) electrons. The summed E-state index contributed by atoms with van der Waals surface area (Å²) in [5.41, 5.74) is -0.268. The second-order valence-corrected chi connectivity index (χ2v) is 16.1. The van der Waals surface area contributed by atoms with E-state index in [2.05, 4.69) is 15.3 Å². The van der Waals surface area contributed by atoms with Crippen LogP contribution < -0.4 is 15.8 Å². The molecule has 2 fully saturated rings. The smallest absolute Gasteiger partial charge is 0.410 e. The van der Waals surface area contributed by atoms with Crippen LogP contribution in [0.5, 0.6) is 0 Å². The van der Waals surface area contributed by atoms with E-state index in [1.165, 1.54) is 11.8 Å². The van der Waals surface area contributed by atoms with Crippen molar-refractivity contribution in [1.82, 2.24) is 29.5 Å². The molecule has 2 aliphatic heterocycles. The van der Waals surface area contributed by atoms with Crippen molar-refractivity contribution >= 4 is 52.4 Å². The molecule has 0 aliphatic carbocycles. The zero-order chi connectivity index (χ0) is 34.5. The maximum Gasteiger partial charge on any atom is 0.410 e. The Bertz CT molecular complexity index is 1730. The highest BCUT2D eigenvalue weighted by Gasteiger charge is 2.48. The Labute approximate surface area is 285 Å². The Morgan fingerprint density at radius 3 is 2.30 bits per heavy atom. The SMILES string of the molecule is Cc1nc(N2CCC3(CCN(C(=O)OC(C)(C)C)CC3NC(=O)OC(C)(C)C)CC2)n(C)c(=O)c1Sc1ccc2nn(C)cc2c1Cl. The Hall–Kier alpha value is -3.45. The van der Waals surface area contributed by atoms with Crippen molar-refractivity contribution in [2.24, 2.45) is 19.5 Å². The first kappa shape index (κ1) is 34.9. The third-order valence-corrected chi connectivity index (χ3v) is 10.5. The standard InChI is InChI=1S/C33H46ClN7O5S/c1-20-26(47-23-11-10-22-21(25(23)34)18-38(8)37-22)27(42)39(9)28(35-20)40-15-12-33(13-16-40)14-17-41(30(44)46-32(5,6)7)19-24(33)36-29(43)45-31(2,3)4/h10-11,18,24H,12-17,19H2,1-9H3,(H,36,43). The molecule has 256 valence electrons. The van der Waals surface area contributed by atoms with Gasteiger partial charge in [0.1, 0.15) is 11.2 Å². The minimum atomic E-state index is -0.657. The zero-order valence-corrected chi connectivity index (χ0v) is 30.3. The Morgan fingerprint density at radius 2 is 1.66 bits per heavy atom. The predicted molar refractivity (Wildman–Crippen MR) is 184 cm³/mol. The molecule has 2 aliphatic rings. The number of alkyl carbamates (subject to hydrolysis) is 1. The third kappa shape index (κ3) is 7.66. The maximum atomic E-state index is 13.7. The monoisotopic (exact) mass is 687 g/mol. The summed E-state index contributed by atoms with van der Waals surface area (Å²) in [5.74, 6) is 0.600. The molecule has 1 unspecified atom stereocenters. The van der Waals surface area contributed by atoms with Gasteiger partial charge in [0.15, 0.2) is 0 Å². The summed E-state index contributed by atoms with van der Waals surface area (Å²) in [6.45, 7) is 15.0. The number of nitrogens with zero attached hydrogens (tertiary/aromatic N) is 6. The molecule has 5 rings (SSSR count). The molecule has 2 amide bonds. The number of piperidine rings is 2. The number of amides is 2. The predicted octanol–water partition coefficient (Wildman–Crippen LogP) is 5.90. The number of likely N-dealkylation sites (tertiary alicyclic amines) is 1. The number of rotatable bonds is 4. The zero-order valence-electron chi connectivity index (χ0n) is 28.8. The van der Waals surface area contributed by atoms with Crippen LogP contribution >= 0.6 is 23.4 Å². The fourth-order valence-electron chi connectivity index (χ4n) is 6.35. The summed E-state index contributed by atoms with van der Waals surface area (Å²) in [6, 6.07) is 3.45. The lowest BCUT2D eigenvalue weighted by molar-refractivity contribution is -0.0106. The van der Waals surface area contributed by atoms with Gasteiger partial charge in [-0.05, 0) is 85.3 Å². The van der Waals surface area contributed by atoms with Crippen LogP contribution in [0.3, 0.4) is 0 Å². The molecule has 2 saturated heterocycles. The van der Waals surface area contributed by atoms with Gasteiger partial charge < -0.3 is 24.6 Å². The average Bonchev–Trinajstić information content (AvgIpc) is 3.35. The quantitative estimate of drug-likeness (QED) is 0.357. The topological polar surface area (TPSA) is 124 Å². The van der Waals surface area contributed by atoms with E-state index in [1.54, 1.807) is 21.2 Å². The number of hydrogen-bond donors (Lipinski definition) is 1. The van der Waals surface area contributed by atoms with Gasteiger partial charge in [0.2, 0.25) is 5.95 Å². The highest BCUT2D eigenvalue weighted by molar-refractivity contribution is 7.99. The van der Waals surface area contributed by atoms with Crippen LogP contribution in [0, 0.1) is 12.3 Å². The van der Waals surface area contributed by atoms with Crippen molar-refractivity contribution in [3.05, 3.63) is 39.4 Å². The maximum absolute atomic E-state index is 13.7. The van der Waals surface area contributed by atoms with Crippen molar-refractivity contribution in [3.63, 3.8) is 0 Å². The highest BCUT2D eigenvalue weighted by Crippen LogP contribution is 2.43. The van der Waals surface area contributed by atoms with Crippen molar-refractivity contribution in [3.8, 4) is 0 Å². The number of nitrogens with one attached hydrogen (secondary N) is 1. The number of fused-ring (bicyclic) bond motifs is 1. The third-order valence-electron chi connectivity index (χ3n) is 8.72. The number of aromatic nitrogens is 4. The first-order valence-electron chi connectivity index (χ1n) is 16.0. The molecular weight excluding hydrogens is 642 g/mol. The van der Waals surface area contributed by atoms with E-state index in [0.29, 0.717) is 54.2 Å². The number of anilines is 1. The largest absolute Gasteiger partial charge is 0.444 e. The normalized spacial score (nSPS) is 18.5. The van der Waals surface area contributed by atoms with Crippen LogP contribution in [-0.4, -0.2) is 79.8 Å². The number of halogens is 1. The van der Waals surface area contributed by atoms with Crippen LogP contribution in [0.2, 0.25) is 5.02 Å². The van der Waals surface area contributed by atoms with Crippen LogP contribution in [-0.2, 0) is 23.6 Å². The fraction of sp³-hybridized carbons (Fsp3) is 0.606. The minimum Gasteiger partial charge on any atom is -0.444 e. The summed E-state index contributed by atoms with van der Waals surface area (Å²) in [4.78, 5) is 49.7. The molecule has 0 saturated carbocycles. The molecule has 1 N–H and O–H groups in total. The summed E-state index contributed by atoms with van der Waals surface area (Å²) in [6.07, 6.45) is 3.14. The molecule has 0 bridgehead atoms. The molecule has 1 spiro atoms. The number of hydrogen-bond acceptors (Lipinski definition) is 9. The van der Waals surface area contributed by atoms with Gasteiger partial charge in [-0.3, -0.25) is 14.0 Å². The molecule has 4 heterocycles. The van der Waals surface area contributed by atoms with Crippen LogP contribution in [0.4, 0.5) is 15.5 Å². The molecule has 3 aromatic rings. The van der Waals surface area contributed by atoms with Crippen molar-refractivity contribution in [2.75, 3.05) is 31.1 Å². The Kier molecular flexibility index (Phi) is 9.55. The first-order valence-corrected chi connectivity index (χ1v) is 17.1. The van der Waals surface area contributed by atoms with Crippen LogP contribution in [0.15, 0.2) is 32.9 Å². The van der Waals surface area contributed by atoms with Gasteiger partial charge in [-0.25, -0.2) is 14.6 Å². The summed E-state index contributed by atoms with van der Waals surface area (Å²) in [5, 5.41) is 8.89. The lowest BCUT2D eigenvalue weighted by Crippen LogP contribution is -2.62. The molecule has 14 heteroatoms. The Morgan fingerprint density at radius 1 is 1.02 bits per heavy atom. The molecule has 1 atom stereocenters. The number of aryl methyl sites for hydroxylation is 2. The van der Waals surface area contributed by atoms with E-state index in [0.717, 1.165) is 28.6 Å². The second-order valence-electron chi connectivity index (χ2n) is 14.6. The summed E-state index contributed by atoms with van der Waals surface area (Å²) < 4.78 is 14.6. The molecule has 12 nitrogen and oxygen atoms in total. The number of ether oxygens (including phenoxy) is 2. The van der Waals surface area contributed by atoms with Gasteiger partial charge in [0, 0.05) is 56.8 Å². The fourth-order valence-corrected chi connectivity index (χ4v) is 7.65. The molecule has 2 aromatic heterocycles. The van der Waals surface area contributed by atoms with Gasteiger partial charge >= 0.3 is 12.2 Å². The van der Waals surface area contributed by atoms with Gasteiger partial charge in [-0.2, -0.15) is 5.10 Å². The first-order chi connectivity index (χ1) is 21.9. The van der Waals surface area contributed by atoms with E-state index in [-0.39, 0.29) is 17.0 Å². The van der Waals surface area contributed by atoms with Crippen molar-refractivity contribution < 1.29 is 19.1 Å². The van der Waals surface area contributed by atoms with Crippen molar-refractivity contribution in [2.45, 2.75) is 94.8 Å².